The standard InChI is InChI=1S/C23H21ClN2O3S/c1-16(17-7-3-2-4-8-17)25-23(27)19-11-12-20(24)22(15-19)30(28,29)26-14-13-18-9-5-6-10-21(18)26/h2-12,15-16H,13-14H2,1H3,(H,25,27). The van der Waals surface area contributed by atoms with Crippen molar-refractivity contribution in [2.75, 3.05) is 10.8 Å². The fourth-order valence-corrected chi connectivity index (χ4v) is 5.63. The average Bonchev–Trinajstić information content (AvgIpc) is 3.19. The number of fused-ring (bicyclic) bond motifs is 1. The number of nitrogens with one attached hydrogen (secondary N) is 1. The van der Waals surface area contributed by atoms with Crippen molar-refractivity contribution in [2.45, 2.75) is 24.3 Å². The highest BCUT2D eigenvalue weighted by atomic mass is 35.5. The maximum atomic E-state index is 13.3. The summed E-state index contributed by atoms with van der Waals surface area (Å²) >= 11 is 6.26. The number of halogens is 1. The normalized spacial score (nSPS) is 14.3. The molecule has 1 aliphatic heterocycles. The zero-order valence-corrected chi connectivity index (χ0v) is 18.0. The van der Waals surface area contributed by atoms with E-state index < -0.39 is 10.0 Å². The van der Waals surface area contributed by atoms with Crippen LogP contribution in [0.2, 0.25) is 5.02 Å². The molecule has 1 N–H and O–H groups in total. The summed E-state index contributed by atoms with van der Waals surface area (Å²) in [4.78, 5) is 12.7. The lowest BCUT2D eigenvalue weighted by molar-refractivity contribution is 0.0939. The van der Waals surface area contributed by atoms with Crippen LogP contribution in [0.5, 0.6) is 0 Å². The number of carbonyl (C=O) groups is 1. The van der Waals surface area contributed by atoms with Gasteiger partial charge in [-0.1, -0.05) is 60.1 Å². The van der Waals surface area contributed by atoms with Crippen molar-refractivity contribution in [2.24, 2.45) is 0 Å². The Bertz CT molecular complexity index is 1200. The summed E-state index contributed by atoms with van der Waals surface area (Å²) < 4.78 is 28.1. The summed E-state index contributed by atoms with van der Waals surface area (Å²) in [5.41, 5.74) is 2.83. The maximum Gasteiger partial charge on any atom is 0.265 e. The second kappa shape index (κ2) is 8.13. The number of amides is 1. The molecule has 0 bridgehead atoms. The van der Waals surface area contributed by atoms with E-state index in [1.807, 2.05) is 55.5 Å². The molecular formula is C23H21ClN2O3S. The zero-order valence-electron chi connectivity index (χ0n) is 16.4. The number of rotatable bonds is 5. The lowest BCUT2D eigenvalue weighted by atomic mass is 10.1. The van der Waals surface area contributed by atoms with Crippen LogP contribution < -0.4 is 9.62 Å². The molecule has 7 heteroatoms. The van der Waals surface area contributed by atoms with E-state index in [4.69, 9.17) is 11.6 Å². The van der Waals surface area contributed by atoms with Crippen molar-refractivity contribution in [1.82, 2.24) is 5.32 Å². The van der Waals surface area contributed by atoms with Gasteiger partial charge in [0.15, 0.2) is 0 Å². The highest BCUT2D eigenvalue weighted by Crippen LogP contribution is 2.35. The van der Waals surface area contributed by atoms with E-state index in [9.17, 15) is 13.2 Å². The first-order valence-corrected chi connectivity index (χ1v) is 11.5. The predicted molar refractivity (Wildman–Crippen MR) is 118 cm³/mol. The van der Waals surface area contributed by atoms with Gasteiger partial charge in [-0.15, -0.1) is 0 Å². The van der Waals surface area contributed by atoms with Crippen LogP contribution in [0.25, 0.3) is 0 Å². The van der Waals surface area contributed by atoms with Crippen molar-refractivity contribution < 1.29 is 13.2 Å². The third-order valence-electron chi connectivity index (χ3n) is 5.25. The second-order valence-corrected chi connectivity index (χ2v) is 9.44. The minimum atomic E-state index is -3.90. The lowest BCUT2D eigenvalue weighted by Gasteiger charge is -2.21. The molecule has 4 rings (SSSR count). The summed E-state index contributed by atoms with van der Waals surface area (Å²) in [7, 11) is -3.90. The summed E-state index contributed by atoms with van der Waals surface area (Å²) in [6.45, 7) is 2.22. The smallest absolute Gasteiger partial charge is 0.265 e. The van der Waals surface area contributed by atoms with Crippen molar-refractivity contribution in [3.63, 3.8) is 0 Å². The van der Waals surface area contributed by atoms with Gasteiger partial charge in [-0.25, -0.2) is 8.42 Å². The SMILES string of the molecule is CC(NC(=O)c1ccc(Cl)c(S(=O)(=O)N2CCc3ccccc32)c1)c1ccccc1. The van der Waals surface area contributed by atoms with E-state index in [-0.39, 0.29) is 27.4 Å². The first-order chi connectivity index (χ1) is 14.4. The van der Waals surface area contributed by atoms with Crippen LogP contribution in [-0.4, -0.2) is 20.9 Å². The van der Waals surface area contributed by atoms with Gasteiger partial charge < -0.3 is 5.32 Å². The van der Waals surface area contributed by atoms with Gasteiger partial charge in [0.05, 0.1) is 16.8 Å². The van der Waals surface area contributed by atoms with Gasteiger partial charge in [0.25, 0.3) is 15.9 Å². The molecule has 30 heavy (non-hydrogen) atoms. The van der Waals surface area contributed by atoms with Crippen molar-refractivity contribution in [3.8, 4) is 0 Å². The zero-order chi connectivity index (χ0) is 21.3. The Morgan fingerprint density at radius 3 is 2.50 bits per heavy atom. The molecule has 0 saturated carbocycles. The third kappa shape index (κ3) is 3.80. The monoisotopic (exact) mass is 440 g/mol. The molecule has 1 unspecified atom stereocenters. The fraction of sp³-hybridized carbons (Fsp3) is 0.174. The molecule has 1 amide bonds. The highest BCUT2D eigenvalue weighted by molar-refractivity contribution is 7.93. The minimum absolute atomic E-state index is 0.0686. The molecule has 1 heterocycles. The quantitative estimate of drug-likeness (QED) is 0.631. The number of carbonyl (C=O) groups excluding carboxylic acids is 1. The van der Waals surface area contributed by atoms with Crippen LogP contribution in [0, 0.1) is 0 Å². The second-order valence-electron chi connectivity index (χ2n) is 7.21. The van der Waals surface area contributed by atoms with Crippen molar-refractivity contribution >= 4 is 33.2 Å². The Morgan fingerprint density at radius 2 is 1.73 bits per heavy atom. The molecule has 3 aromatic carbocycles. The minimum Gasteiger partial charge on any atom is -0.346 e. The molecule has 0 radical (unpaired) electrons. The first-order valence-electron chi connectivity index (χ1n) is 9.64. The van der Waals surface area contributed by atoms with Crippen LogP contribution in [0.15, 0.2) is 77.7 Å². The Morgan fingerprint density at radius 1 is 1.03 bits per heavy atom. The third-order valence-corrected chi connectivity index (χ3v) is 7.55. The number of sulfonamides is 1. The van der Waals surface area contributed by atoms with E-state index in [1.165, 1.54) is 22.5 Å². The molecule has 0 spiro atoms. The number of anilines is 1. The average molecular weight is 441 g/mol. The van der Waals surface area contributed by atoms with Crippen LogP contribution in [0.4, 0.5) is 5.69 Å². The van der Waals surface area contributed by atoms with Gasteiger partial charge in [-0.05, 0) is 48.7 Å². The highest BCUT2D eigenvalue weighted by Gasteiger charge is 2.32. The van der Waals surface area contributed by atoms with Crippen LogP contribution in [-0.2, 0) is 16.4 Å². The van der Waals surface area contributed by atoms with Crippen molar-refractivity contribution in [3.05, 3.63) is 94.5 Å². The summed E-state index contributed by atoms with van der Waals surface area (Å²) in [5, 5.41) is 3.00. The Hall–Kier alpha value is -2.83. The molecule has 0 aliphatic carbocycles. The van der Waals surface area contributed by atoms with Crippen LogP contribution in [0.1, 0.15) is 34.5 Å². The van der Waals surface area contributed by atoms with Gasteiger partial charge in [0, 0.05) is 12.1 Å². The molecule has 5 nitrogen and oxygen atoms in total. The Labute approximate surface area is 181 Å². The molecule has 0 saturated heterocycles. The number of hydrogen-bond donors (Lipinski definition) is 1. The van der Waals surface area contributed by atoms with E-state index >= 15 is 0 Å². The first kappa shape index (κ1) is 20.4. The largest absolute Gasteiger partial charge is 0.346 e. The molecule has 0 aromatic heterocycles. The molecular weight excluding hydrogens is 420 g/mol. The number of para-hydroxylation sites is 1. The Balaban J connectivity index is 1.63. The molecule has 3 aromatic rings. The van der Waals surface area contributed by atoms with Gasteiger partial charge in [0.2, 0.25) is 0 Å². The Kier molecular flexibility index (Phi) is 5.54. The van der Waals surface area contributed by atoms with E-state index in [0.29, 0.717) is 18.7 Å². The molecule has 1 atom stereocenters. The van der Waals surface area contributed by atoms with Gasteiger partial charge in [0.1, 0.15) is 4.90 Å². The summed E-state index contributed by atoms with van der Waals surface area (Å²) in [6.07, 6.45) is 0.641. The summed E-state index contributed by atoms with van der Waals surface area (Å²) in [6, 6.07) is 21.1. The molecule has 154 valence electrons. The van der Waals surface area contributed by atoms with Crippen LogP contribution in [0.3, 0.4) is 0 Å². The van der Waals surface area contributed by atoms with Crippen LogP contribution >= 0.6 is 11.6 Å². The number of nitrogens with zero attached hydrogens (tertiary/aromatic N) is 1. The molecule has 1 aliphatic rings. The number of hydrogen-bond acceptors (Lipinski definition) is 3. The van der Waals surface area contributed by atoms with Gasteiger partial charge in [-0.3, -0.25) is 9.10 Å². The predicted octanol–water partition coefficient (Wildman–Crippen LogP) is 4.58. The summed E-state index contributed by atoms with van der Waals surface area (Å²) in [5.74, 6) is -0.360. The van der Waals surface area contributed by atoms with E-state index in [0.717, 1.165) is 11.1 Å². The lowest BCUT2D eigenvalue weighted by Crippen LogP contribution is -2.30. The van der Waals surface area contributed by atoms with E-state index in [1.54, 1.807) is 6.07 Å². The topological polar surface area (TPSA) is 66.5 Å². The van der Waals surface area contributed by atoms with Crippen molar-refractivity contribution in [1.29, 1.82) is 0 Å². The number of benzene rings is 3. The van der Waals surface area contributed by atoms with Gasteiger partial charge in [-0.2, -0.15) is 0 Å². The van der Waals surface area contributed by atoms with Gasteiger partial charge >= 0.3 is 0 Å². The molecule has 0 fully saturated rings. The van der Waals surface area contributed by atoms with E-state index in [2.05, 4.69) is 5.32 Å². The fourth-order valence-electron chi connectivity index (χ4n) is 3.62. The maximum absolute atomic E-state index is 13.3.